The summed E-state index contributed by atoms with van der Waals surface area (Å²) in [4.78, 5) is 0. The van der Waals surface area contributed by atoms with Crippen molar-refractivity contribution in [2.45, 2.75) is 133 Å². The van der Waals surface area contributed by atoms with E-state index in [-0.39, 0.29) is 0 Å². The van der Waals surface area contributed by atoms with Gasteiger partial charge in [0.1, 0.15) is 0 Å². The number of hydrogen-bond acceptors (Lipinski definition) is 0. The summed E-state index contributed by atoms with van der Waals surface area (Å²) in [6, 6.07) is 75.1. The molecule has 0 saturated heterocycles. The van der Waals surface area contributed by atoms with E-state index in [1.165, 1.54) is 101 Å². The van der Waals surface area contributed by atoms with Gasteiger partial charge in [0, 0.05) is 0 Å². The first-order valence-electron chi connectivity index (χ1n) is 33.0. The molecule has 0 saturated carbocycles. The van der Waals surface area contributed by atoms with Crippen molar-refractivity contribution in [3.05, 3.63) is 261 Å². The van der Waals surface area contributed by atoms with Crippen LogP contribution in [0.4, 0.5) is 0 Å². The van der Waals surface area contributed by atoms with Gasteiger partial charge in [-0.3, -0.25) is 0 Å². The predicted molar refractivity (Wildman–Crippen MR) is 372 cm³/mol. The molecule has 12 rings (SSSR count). The van der Waals surface area contributed by atoms with Crippen LogP contribution in [0.25, 0.3) is 68.8 Å². The molecular weight excluding hydrogens is 1200 g/mol. The Labute approximate surface area is 504 Å². The normalized spacial score (nSPS) is 19.9. The van der Waals surface area contributed by atoms with Crippen LogP contribution in [0, 0.1) is 0 Å². The maximum atomic E-state index is 3.09. The first-order valence-corrected chi connectivity index (χ1v) is 66.6. The first kappa shape index (κ1) is 59.3. The zero-order chi connectivity index (χ0) is 58.6. The van der Waals surface area contributed by atoms with Gasteiger partial charge >= 0.3 is 509 Å². The molecule has 4 aliphatic carbocycles. The van der Waals surface area contributed by atoms with E-state index in [9.17, 15) is 0 Å². The average Bonchev–Trinajstić information content (AvgIpc) is 1.30. The van der Waals surface area contributed by atoms with Crippen LogP contribution in [0.3, 0.4) is 0 Å². The van der Waals surface area contributed by atoms with Crippen molar-refractivity contribution in [3.8, 4) is 44.5 Å². The second-order valence-electron chi connectivity index (χ2n) is 29.9. The molecule has 4 heteroatoms. The molecule has 0 aliphatic heterocycles. The number of hydrogen-bond donors (Lipinski definition) is 0. The van der Waals surface area contributed by atoms with Gasteiger partial charge in [0.2, 0.25) is 0 Å². The van der Waals surface area contributed by atoms with E-state index in [0.29, 0.717) is 14.5 Å². The SMILES string of the molecule is CCC1=Cc2c(-c3ccccc3)cccc2[CH]1[Zr]([CH3])([CH3])([CH2]CCCC[CH2][Zr]([CH3])([CH3])([SiH2]C)([CH]1C(CC)=Cc2c(-c3ccccc3)cccc21)[CH]1C(CC)=Cc2c(-c3ccccc3)cccc21)([SiH2]C)[CH]1C(CC)=Cc2c(-c3ccccc3)cccc21. The molecule has 0 amide bonds. The van der Waals surface area contributed by atoms with Crippen LogP contribution < -0.4 is 0 Å². The van der Waals surface area contributed by atoms with Crippen molar-refractivity contribution in [3.63, 3.8) is 0 Å². The summed E-state index contributed by atoms with van der Waals surface area (Å²) in [6.45, 7) is 14.3. The van der Waals surface area contributed by atoms with Gasteiger partial charge in [-0.2, -0.15) is 0 Å². The molecule has 0 N–H and O–H groups in total. The molecule has 0 spiro atoms. The Kier molecular flexibility index (Phi) is 15.5. The van der Waals surface area contributed by atoms with E-state index in [2.05, 4.69) is 278 Å². The first-order chi connectivity index (χ1) is 40.6. The fraction of sp³-hybridized carbons (Fsp3) is 0.300. The molecule has 0 fully saturated rings. The van der Waals surface area contributed by atoms with Gasteiger partial charge in [0.25, 0.3) is 0 Å². The van der Waals surface area contributed by atoms with Gasteiger partial charge in [0.15, 0.2) is 0 Å². The van der Waals surface area contributed by atoms with Gasteiger partial charge < -0.3 is 0 Å². The predicted octanol–water partition coefficient (Wildman–Crippen LogP) is 23.2. The Balaban J connectivity index is 0.969. The second-order valence-corrected chi connectivity index (χ2v) is 125. The van der Waals surface area contributed by atoms with Gasteiger partial charge in [-0.15, -0.1) is 0 Å². The summed E-state index contributed by atoms with van der Waals surface area (Å²) in [5.74, 6) is 0. The van der Waals surface area contributed by atoms with Crippen LogP contribution in [-0.4, -0.2) is 13.3 Å². The number of benzene rings is 8. The van der Waals surface area contributed by atoms with E-state index in [4.69, 9.17) is 0 Å². The zero-order valence-electron chi connectivity index (χ0n) is 52.6. The molecule has 430 valence electrons. The molecule has 0 bridgehead atoms. The molecule has 4 aliphatic rings. The van der Waals surface area contributed by atoms with E-state index in [1.54, 1.807) is 44.5 Å². The number of fused-ring (bicyclic) bond motifs is 4. The molecule has 84 heavy (non-hydrogen) atoms. The minimum atomic E-state index is -4.77. The summed E-state index contributed by atoms with van der Waals surface area (Å²) < 4.78 is 17.2. The van der Waals surface area contributed by atoms with Crippen LogP contribution in [0.15, 0.2) is 216 Å². The van der Waals surface area contributed by atoms with Crippen LogP contribution in [0.2, 0.25) is 39.9 Å². The topological polar surface area (TPSA) is 0 Å². The molecule has 0 radical (unpaired) electrons. The molecule has 0 aromatic heterocycles. The van der Waals surface area contributed by atoms with Gasteiger partial charge in [-0.1, -0.05) is 0 Å². The number of unbranched alkanes of at least 4 members (excludes halogenated alkanes) is 3. The summed E-state index contributed by atoms with van der Waals surface area (Å²) in [5.41, 5.74) is 30.6. The Morgan fingerprint density at radius 2 is 0.512 bits per heavy atom. The number of rotatable bonds is 21. The minimum absolute atomic E-state index is 0.495. The van der Waals surface area contributed by atoms with Crippen molar-refractivity contribution in [2.75, 3.05) is 0 Å². The van der Waals surface area contributed by atoms with E-state index in [0.717, 1.165) is 25.7 Å². The summed E-state index contributed by atoms with van der Waals surface area (Å²) >= 11 is -9.55. The summed E-state index contributed by atoms with van der Waals surface area (Å²) in [6.07, 6.45) is 20.6. The Morgan fingerprint density at radius 1 is 0.286 bits per heavy atom. The van der Waals surface area contributed by atoms with Crippen molar-refractivity contribution in [1.82, 2.24) is 0 Å². The fourth-order valence-electron chi connectivity index (χ4n) is 20.1. The summed E-state index contributed by atoms with van der Waals surface area (Å²) in [7, 11) is 0. The second kappa shape index (κ2) is 22.0. The van der Waals surface area contributed by atoms with Crippen LogP contribution in [0.1, 0.15) is 138 Å². The molecule has 0 nitrogen and oxygen atoms in total. The van der Waals surface area contributed by atoms with Crippen molar-refractivity contribution >= 4 is 37.6 Å². The van der Waals surface area contributed by atoms with Crippen molar-refractivity contribution in [1.29, 1.82) is 0 Å². The molecule has 4 atom stereocenters. The van der Waals surface area contributed by atoms with Crippen molar-refractivity contribution < 1.29 is 32.9 Å². The van der Waals surface area contributed by atoms with E-state index < -0.39 is 46.2 Å². The van der Waals surface area contributed by atoms with Crippen molar-refractivity contribution in [2.24, 2.45) is 0 Å². The van der Waals surface area contributed by atoms with Crippen LogP contribution >= 0.6 is 0 Å². The molecular formula is C80H94Si2Zr2. The zero-order valence-corrected chi connectivity index (χ0v) is 60.3. The quantitative estimate of drug-likeness (QED) is 0.0497. The molecule has 8 aromatic carbocycles. The van der Waals surface area contributed by atoms with E-state index in [1.807, 2.05) is 0 Å². The molecule has 8 aromatic rings. The van der Waals surface area contributed by atoms with E-state index >= 15 is 0 Å². The standard InChI is InChI=1S/4C17H15.C6H12.2CH5Si.4CH3.2Zr/c4*1-2-13-11-15-9-6-10-16(17(15)12-13)14-7-4-3-5-8-14;1-3-5-6-4-2;2*1-2;;;;;;/h4*3-12H,2H2,1H3;1-6H2;2*2H2,1H3;4*1H3;;. The molecule has 4 unspecified atom stereocenters. The van der Waals surface area contributed by atoms with Crippen LogP contribution in [0.5, 0.6) is 0 Å². The Bertz CT molecular complexity index is 3470. The van der Waals surface area contributed by atoms with Gasteiger partial charge in [-0.05, 0) is 0 Å². The van der Waals surface area contributed by atoms with Gasteiger partial charge in [0.05, 0.1) is 0 Å². The van der Waals surface area contributed by atoms with Crippen LogP contribution in [-0.2, 0) is 32.9 Å². The number of allylic oxidation sites excluding steroid dienone is 4. The monoisotopic (exact) mass is 1290 g/mol. The van der Waals surface area contributed by atoms with Gasteiger partial charge in [-0.25, -0.2) is 0 Å². The Hall–Kier alpha value is -5.08. The third kappa shape index (κ3) is 9.17. The third-order valence-corrected chi connectivity index (χ3v) is 125. The maximum absolute atomic E-state index is 4.77. The average molecular weight is 1290 g/mol. The molecule has 0 heterocycles. The summed E-state index contributed by atoms with van der Waals surface area (Å²) in [5, 5.41) is 0. The fourth-order valence-corrected chi connectivity index (χ4v) is 98.5. The third-order valence-electron chi connectivity index (χ3n) is 25.0. The Morgan fingerprint density at radius 3 is 0.714 bits per heavy atom.